The van der Waals surface area contributed by atoms with Gasteiger partial charge < -0.3 is 9.26 Å². The van der Waals surface area contributed by atoms with Gasteiger partial charge in [0.1, 0.15) is 21.2 Å². The van der Waals surface area contributed by atoms with E-state index in [1.165, 1.54) is 7.11 Å². The van der Waals surface area contributed by atoms with E-state index in [0.29, 0.717) is 29.1 Å². The topological polar surface area (TPSA) is 98.5 Å². The Morgan fingerprint density at radius 1 is 1.45 bits per heavy atom. The summed E-state index contributed by atoms with van der Waals surface area (Å²) in [6.45, 7) is 5.09. The van der Waals surface area contributed by atoms with Gasteiger partial charge in [-0.1, -0.05) is 12.1 Å². The first-order valence-electron chi connectivity index (χ1n) is 6.46. The van der Waals surface area contributed by atoms with E-state index in [4.69, 9.17) is 4.52 Å². The summed E-state index contributed by atoms with van der Waals surface area (Å²) in [6.07, 6.45) is 0.491. The summed E-state index contributed by atoms with van der Waals surface area (Å²) in [5, 5.41) is 5.36. The van der Waals surface area contributed by atoms with E-state index in [2.05, 4.69) is 14.6 Å². The first-order valence-corrected chi connectivity index (χ1v) is 8.82. The molecule has 0 fully saturated rings. The Morgan fingerprint density at radius 3 is 2.73 bits per heavy atom. The van der Waals surface area contributed by atoms with Crippen LogP contribution in [0.5, 0.6) is 0 Å². The quantitative estimate of drug-likeness (QED) is 0.837. The lowest BCUT2D eigenvalue weighted by molar-refractivity contribution is 0.0602. The number of anilines is 1. The second-order valence-corrected chi connectivity index (χ2v) is 7.09. The molecule has 1 N–H and O–H groups in total. The molecule has 120 valence electrons. The zero-order valence-electron chi connectivity index (χ0n) is 12.6. The zero-order chi connectivity index (χ0) is 16.5. The van der Waals surface area contributed by atoms with Crippen LogP contribution >= 0.6 is 11.3 Å². The predicted molar refractivity (Wildman–Crippen MR) is 81.8 cm³/mol. The van der Waals surface area contributed by atoms with Crippen LogP contribution in [0.2, 0.25) is 0 Å². The van der Waals surface area contributed by atoms with Crippen molar-refractivity contribution in [3.05, 3.63) is 27.3 Å². The maximum atomic E-state index is 12.7. The number of nitrogens with one attached hydrogen (secondary N) is 1. The average Bonchev–Trinajstić information content (AvgIpc) is 3.02. The molecule has 0 amide bonds. The fourth-order valence-electron chi connectivity index (χ4n) is 1.98. The van der Waals surface area contributed by atoms with Crippen LogP contribution in [0.3, 0.4) is 0 Å². The maximum Gasteiger partial charge on any atom is 0.349 e. The molecule has 0 aliphatic carbocycles. The molecular formula is C13H16N2O5S2. The van der Waals surface area contributed by atoms with E-state index in [1.807, 2.05) is 6.92 Å². The number of esters is 1. The molecule has 0 saturated heterocycles. The zero-order valence-corrected chi connectivity index (χ0v) is 14.2. The number of carbonyl (C=O) groups excluding carboxylic acids is 1. The Morgan fingerprint density at radius 2 is 2.14 bits per heavy atom. The fourth-order valence-corrected chi connectivity index (χ4v) is 4.83. The van der Waals surface area contributed by atoms with Gasteiger partial charge in [0.2, 0.25) is 0 Å². The molecule has 2 rings (SSSR count). The third-order valence-corrected chi connectivity index (χ3v) is 5.79. The van der Waals surface area contributed by atoms with Crippen molar-refractivity contribution in [2.24, 2.45) is 0 Å². The number of thiophene rings is 1. The molecule has 2 aromatic heterocycles. The molecule has 0 aliphatic heterocycles. The van der Waals surface area contributed by atoms with Crippen LogP contribution in [0.4, 0.5) is 5.69 Å². The Labute approximate surface area is 132 Å². The van der Waals surface area contributed by atoms with Crippen molar-refractivity contribution >= 4 is 33.0 Å². The summed E-state index contributed by atoms with van der Waals surface area (Å²) in [7, 11) is -2.74. The van der Waals surface area contributed by atoms with Gasteiger partial charge in [-0.25, -0.2) is 13.2 Å². The molecule has 2 heterocycles. The van der Waals surface area contributed by atoms with Gasteiger partial charge in [0.05, 0.1) is 7.11 Å². The number of ether oxygens (including phenoxy) is 1. The molecule has 22 heavy (non-hydrogen) atoms. The van der Waals surface area contributed by atoms with Gasteiger partial charge in [0, 0.05) is 6.42 Å². The monoisotopic (exact) mass is 344 g/mol. The molecule has 0 saturated carbocycles. The predicted octanol–water partition coefficient (Wildman–Crippen LogP) is 2.50. The summed E-state index contributed by atoms with van der Waals surface area (Å²) in [4.78, 5) is 11.7. The van der Waals surface area contributed by atoms with Crippen LogP contribution < -0.4 is 4.72 Å². The molecule has 0 aliphatic rings. The van der Waals surface area contributed by atoms with Gasteiger partial charge in [0.25, 0.3) is 10.0 Å². The Hall–Kier alpha value is -1.87. The SMILES string of the molecule is CCc1onc(C)c1NS(=O)(=O)c1c(C)csc1C(=O)OC. The smallest absolute Gasteiger partial charge is 0.349 e. The molecule has 0 unspecified atom stereocenters. The van der Waals surface area contributed by atoms with E-state index in [9.17, 15) is 13.2 Å². The van der Waals surface area contributed by atoms with Crippen LogP contribution in [0.15, 0.2) is 14.8 Å². The number of nitrogens with zero attached hydrogens (tertiary/aromatic N) is 1. The number of methoxy groups -OCH3 is 1. The van der Waals surface area contributed by atoms with Gasteiger partial charge >= 0.3 is 5.97 Å². The van der Waals surface area contributed by atoms with Gasteiger partial charge in [0.15, 0.2) is 5.76 Å². The molecule has 0 radical (unpaired) electrons. The number of sulfonamides is 1. The van der Waals surface area contributed by atoms with E-state index >= 15 is 0 Å². The minimum atomic E-state index is -3.95. The van der Waals surface area contributed by atoms with Crippen molar-refractivity contribution in [3.8, 4) is 0 Å². The van der Waals surface area contributed by atoms with Crippen LogP contribution in [0, 0.1) is 13.8 Å². The molecule has 0 atom stereocenters. The number of carbonyl (C=O) groups is 1. The van der Waals surface area contributed by atoms with Crippen molar-refractivity contribution in [1.29, 1.82) is 0 Å². The molecule has 9 heteroatoms. The van der Waals surface area contributed by atoms with Crippen molar-refractivity contribution in [2.75, 3.05) is 11.8 Å². The molecular weight excluding hydrogens is 328 g/mol. The number of aromatic nitrogens is 1. The second-order valence-electron chi connectivity index (χ2n) is 4.59. The van der Waals surface area contributed by atoms with E-state index in [-0.39, 0.29) is 9.77 Å². The van der Waals surface area contributed by atoms with Crippen molar-refractivity contribution in [3.63, 3.8) is 0 Å². The van der Waals surface area contributed by atoms with Crippen molar-refractivity contribution in [1.82, 2.24) is 5.16 Å². The number of rotatable bonds is 5. The van der Waals surface area contributed by atoms with Crippen LogP contribution in [-0.4, -0.2) is 26.7 Å². The van der Waals surface area contributed by atoms with Gasteiger partial charge in [-0.2, -0.15) is 0 Å². The van der Waals surface area contributed by atoms with E-state index < -0.39 is 16.0 Å². The van der Waals surface area contributed by atoms with E-state index in [0.717, 1.165) is 11.3 Å². The summed E-state index contributed by atoms with van der Waals surface area (Å²) >= 11 is 1.03. The summed E-state index contributed by atoms with van der Waals surface area (Å²) in [5.74, 6) is -0.246. The van der Waals surface area contributed by atoms with Gasteiger partial charge in [-0.05, 0) is 24.8 Å². The average molecular weight is 344 g/mol. The number of aryl methyl sites for hydroxylation is 3. The number of hydrogen-bond donors (Lipinski definition) is 1. The first-order chi connectivity index (χ1) is 10.3. The Bertz CT molecular complexity index is 805. The second kappa shape index (κ2) is 6.09. The van der Waals surface area contributed by atoms with Crippen LogP contribution in [-0.2, 0) is 21.2 Å². The lowest BCUT2D eigenvalue weighted by Crippen LogP contribution is -2.17. The minimum Gasteiger partial charge on any atom is -0.465 e. The summed E-state index contributed by atoms with van der Waals surface area (Å²) in [5.41, 5.74) is 1.22. The normalized spacial score (nSPS) is 11.5. The molecule has 0 bridgehead atoms. The molecule has 7 nitrogen and oxygen atoms in total. The Kier molecular flexibility index (Phi) is 4.57. The summed E-state index contributed by atoms with van der Waals surface area (Å²) < 4.78 is 37.5. The third-order valence-electron chi connectivity index (χ3n) is 3.05. The standard InChI is InChI=1S/C13H16N2O5S2/c1-5-9-10(8(3)14-20-9)15-22(17,18)12-7(2)6-21-11(12)13(16)19-4/h6,15H,5H2,1-4H3. The highest BCUT2D eigenvalue weighted by Gasteiger charge is 2.29. The lowest BCUT2D eigenvalue weighted by atomic mass is 10.3. The molecule has 0 spiro atoms. The highest BCUT2D eigenvalue weighted by Crippen LogP contribution is 2.31. The highest BCUT2D eigenvalue weighted by molar-refractivity contribution is 7.93. The molecule has 0 aromatic carbocycles. The minimum absolute atomic E-state index is 0.0413. The van der Waals surface area contributed by atoms with Gasteiger partial charge in [-0.3, -0.25) is 4.72 Å². The molecule has 2 aromatic rings. The fraction of sp³-hybridized carbons (Fsp3) is 0.385. The van der Waals surface area contributed by atoms with Crippen molar-refractivity contribution in [2.45, 2.75) is 32.1 Å². The first kappa shape index (κ1) is 16.5. The summed E-state index contributed by atoms with van der Waals surface area (Å²) in [6, 6.07) is 0. The van der Waals surface area contributed by atoms with Gasteiger partial charge in [-0.15, -0.1) is 11.3 Å². The van der Waals surface area contributed by atoms with Crippen LogP contribution in [0.25, 0.3) is 0 Å². The van der Waals surface area contributed by atoms with Crippen LogP contribution in [0.1, 0.15) is 33.6 Å². The highest BCUT2D eigenvalue weighted by atomic mass is 32.2. The largest absolute Gasteiger partial charge is 0.465 e. The third kappa shape index (κ3) is 2.86. The van der Waals surface area contributed by atoms with E-state index in [1.54, 1.807) is 19.2 Å². The lowest BCUT2D eigenvalue weighted by Gasteiger charge is -2.09. The Balaban J connectivity index is 2.50. The number of hydrogen-bond acceptors (Lipinski definition) is 7. The van der Waals surface area contributed by atoms with Crippen molar-refractivity contribution < 1.29 is 22.5 Å². The maximum absolute atomic E-state index is 12.7.